The van der Waals surface area contributed by atoms with Crippen molar-refractivity contribution in [2.45, 2.75) is 64.0 Å². The molecule has 1 aromatic rings. The van der Waals surface area contributed by atoms with Crippen LogP contribution in [-0.4, -0.2) is 63.9 Å². The Bertz CT molecular complexity index is 793. The second-order valence-electron chi connectivity index (χ2n) is 8.81. The van der Waals surface area contributed by atoms with Gasteiger partial charge in [-0.05, 0) is 63.5 Å². The summed E-state index contributed by atoms with van der Waals surface area (Å²) in [7, 11) is 0. The van der Waals surface area contributed by atoms with Crippen molar-refractivity contribution in [1.82, 2.24) is 9.88 Å². The number of hydrogen-bond donors (Lipinski definition) is 3. The Balaban J connectivity index is 1.48. The van der Waals surface area contributed by atoms with Gasteiger partial charge in [0.15, 0.2) is 0 Å². The lowest BCUT2D eigenvalue weighted by atomic mass is 9.78. The molecule has 29 heavy (non-hydrogen) atoms. The van der Waals surface area contributed by atoms with Gasteiger partial charge in [0, 0.05) is 25.7 Å². The second-order valence-corrected chi connectivity index (χ2v) is 8.81. The highest BCUT2D eigenvalue weighted by atomic mass is 16.4. The molecular formula is C21H30N4O4. The van der Waals surface area contributed by atoms with Crippen LogP contribution in [0, 0.1) is 12.3 Å². The lowest BCUT2D eigenvalue weighted by Gasteiger charge is -2.41. The second kappa shape index (κ2) is 7.82. The zero-order valence-corrected chi connectivity index (χ0v) is 16.9. The smallest absolute Gasteiger partial charge is 0.409 e. The van der Waals surface area contributed by atoms with Crippen LogP contribution in [0.15, 0.2) is 12.3 Å². The van der Waals surface area contributed by atoms with E-state index in [1.54, 1.807) is 6.07 Å². The van der Waals surface area contributed by atoms with Crippen LogP contribution in [0.3, 0.4) is 0 Å². The summed E-state index contributed by atoms with van der Waals surface area (Å²) in [6, 6.07) is 2.05. The van der Waals surface area contributed by atoms with Crippen LogP contribution < -0.4 is 10.2 Å². The van der Waals surface area contributed by atoms with E-state index in [4.69, 9.17) is 5.11 Å². The number of carbonyl (C=O) groups excluding carboxylic acids is 1. The predicted molar refractivity (Wildman–Crippen MR) is 109 cm³/mol. The summed E-state index contributed by atoms with van der Waals surface area (Å²) >= 11 is 0. The fourth-order valence-electron chi connectivity index (χ4n) is 5.35. The van der Waals surface area contributed by atoms with Gasteiger partial charge >= 0.3 is 6.09 Å². The van der Waals surface area contributed by atoms with Gasteiger partial charge in [-0.1, -0.05) is 0 Å². The third kappa shape index (κ3) is 3.90. The molecule has 3 fully saturated rings. The molecule has 158 valence electrons. The van der Waals surface area contributed by atoms with E-state index in [9.17, 15) is 14.7 Å². The van der Waals surface area contributed by atoms with Crippen molar-refractivity contribution in [3.63, 3.8) is 0 Å². The lowest BCUT2D eigenvalue weighted by Crippen LogP contribution is -2.50. The first-order chi connectivity index (χ1) is 13.9. The van der Waals surface area contributed by atoms with Crippen LogP contribution in [0.5, 0.6) is 0 Å². The Morgan fingerprint density at radius 2 is 2.00 bits per heavy atom. The molecule has 0 unspecified atom stereocenters. The van der Waals surface area contributed by atoms with Crippen molar-refractivity contribution >= 4 is 23.5 Å². The third-order valence-corrected chi connectivity index (χ3v) is 6.83. The monoisotopic (exact) mass is 402 g/mol. The summed E-state index contributed by atoms with van der Waals surface area (Å²) in [6.45, 7) is 4.25. The van der Waals surface area contributed by atoms with E-state index < -0.39 is 6.09 Å². The van der Waals surface area contributed by atoms with Crippen molar-refractivity contribution in [1.29, 1.82) is 0 Å². The molecule has 1 spiro atoms. The summed E-state index contributed by atoms with van der Waals surface area (Å²) in [5.41, 5.74) is 1.00. The van der Waals surface area contributed by atoms with Gasteiger partial charge in [0.25, 0.3) is 0 Å². The highest BCUT2D eigenvalue weighted by Crippen LogP contribution is 2.43. The maximum Gasteiger partial charge on any atom is 0.409 e. The minimum atomic E-state index is -1.11. The molecule has 2 aliphatic heterocycles. The topological polar surface area (TPSA) is 106 Å². The fourth-order valence-corrected chi connectivity index (χ4v) is 5.35. The summed E-state index contributed by atoms with van der Waals surface area (Å²) in [5, 5.41) is 21.0. The zero-order valence-electron chi connectivity index (χ0n) is 16.9. The number of likely N-dealkylation sites (tertiary alicyclic amines) is 1. The Kier molecular flexibility index (Phi) is 5.38. The van der Waals surface area contributed by atoms with Gasteiger partial charge in [-0.3, -0.25) is 10.1 Å². The van der Waals surface area contributed by atoms with Gasteiger partial charge in [0.1, 0.15) is 5.82 Å². The van der Waals surface area contributed by atoms with E-state index in [-0.39, 0.29) is 23.5 Å². The standard InChI is InChI=1S/C21H30N4O4/c1-14-11-15(23-20(28)29)12-22-18(14)24-9-2-7-21(13-24)8-10-25(19(21)27)16-3-5-17(26)6-4-16/h11-12,16-17,23,26H,2-10,13H2,1H3,(H,28,29)/t16?,17?,21-/m1/s1. The first kappa shape index (κ1) is 19.9. The average Bonchev–Trinajstić information content (AvgIpc) is 2.98. The van der Waals surface area contributed by atoms with Gasteiger partial charge in [0.05, 0.1) is 23.4 Å². The number of amides is 2. The third-order valence-electron chi connectivity index (χ3n) is 6.83. The molecule has 3 heterocycles. The number of hydrogen-bond acceptors (Lipinski definition) is 5. The van der Waals surface area contributed by atoms with E-state index in [0.717, 1.165) is 69.4 Å². The van der Waals surface area contributed by atoms with Gasteiger partial charge in [-0.15, -0.1) is 0 Å². The summed E-state index contributed by atoms with van der Waals surface area (Å²) < 4.78 is 0. The van der Waals surface area contributed by atoms with E-state index in [0.29, 0.717) is 12.2 Å². The SMILES string of the molecule is Cc1cc(NC(=O)O)cnc1N1CCC[C@@]2(CCN(C3CCC(O)CC3)C2=O)C1. The van der Waals surface area contributed by atoms with Crippen LogP contribution in [0.25, 0.3) is 0 Å². The Morgan fingerprint density at radius 1 is 1.24 bits per heavy atom. The number of nitrogens with zero attached hydrogens (tertiary/aromatic N) is 3. The quantitative estimate of drug-likeness (QED) is 0.718. The maximum atomic E-state index is 13.4. The molecule has 1 aromatic heterocycles. The van der Waals surface area contributed by atoms with Crippen LogP contribution >= 0.6 is 0 Å². The van der Waals surface area contributed by atoms with Gasteiger partial charge in [-0.2, -0.15) is 0 Å². The maximum absolute atomic E-state index is 13.4. The van der Waals surface area contributed by atoms with Crippen molar-refractivity contribution in [2.24, 2.45) is 5.41 Å². The van der Waals surface area contributed by atoms with Crippen LogP contribution in [-0.2, 0) is 4.79 Å². The molecule has 3 aliphatic rings. The van der Waals surface area contributed by atoms with Crippen molar-refractivity contribution < 1.29 is 19.8 Å². The fraction of sp³-hybridized carbons (Fsp3) is 0.667. The van der Waals surface area contributed by atoms with Gasteiger partial charge in [0.2, 0.25) is 5.91 Å². The number of aryl methyl sites for hydroxylation is 1. The first-order valence-electron chi connectivity index (χ1n) is 10.6. The number of piperidine rings is 1. The molecule has 2 saturated heterocycles. The van der Waals surface area contributed by atoms with Crippen molar-refractivity contribution in [3.05, 3.63) is 17.8 Å². The summed E-state index contributed by atoms with van der Waals surface area (Å²) in [4.78, 5) is 33.1. The number of rotatable bonds is 3. The highest BCUT2D eigenvalue weighted by Gasteiger charge is 2.50. The minimum absolute atomic E-state index is 0.212. The number of aromatic nitrogens is 1. The Labute approximate surface area is 170 Å². The predicted octanol–water partition coefficient (Wildman–Crippen LogP) is 2.60. The molecule has 1 atom stereocenters. The molecule has 2 amide bonds. The summed E-state index contributed by atoms with van der Waals surface area (Å²) in [6.07, 6.45) is 6.30. The minimum Gasteiger partial charge on any atom is -0.465 e. The molecule has 4 rings (SSSR count). The van der Waals surface area contributed by atoms with Gasteiger partial charge in [-0.25, -0.2) is 9.78 Å². The largest absolute Gasteiger partial charge is 0.465 e. The molecule has 0 radical (unpaired) electrons. The molecule has 8 heteroatoms. The number of aliphatic hydroxyl groups excluding tert-OH is 1. The number of aliphatic hydroxyl groups is 1. The summed E-state index contributed by atoms with van der Waals surface area (Å²) in [5.74, 6) is 1.09. The number of carbonyl (C=O) groups is 2. The molecular weight excluding hydrogens is 372 g/mol. The van der Waals surface area contributed by atoms with Crippen molar-refractivity contribution in [3.8, 4) is 0 Å². The van der Waals surface area contributed by atoms with E-state index in [1.807, 2.05) is 6.92 Å². The zero-order chi connectivity index (χ0) is 20.6. The van der Waals surface area contributed by atoms with E-state index in [2.05, 4.69) is 20.1 Å². The molecule has 0 aromatic carbocycles. The average molecular weight is 402 g/mol. The first-order valence-corrected chi connectivity index (χ1v) is 10.6. The molecule has 1 aliphatic carbocycles. The molecule has 8 nitrogen and oxygen atoms in total. The highest BCUT2D eigenvalue weighted by molar-refractivity contribution is 5.86. The Hall–Kier alpha value is -2.35. The number of carboxylic acid groups (broad SMARTS) is 1. The van der Waals surface area contributed by atoms with Crippen LogP contribution in [0.2, 0.25) is 0 Å². The number of pyridine rings is 1. The number of anilines is 2. The lowest BCUT2D eigenvalue weighted by molar-refractivity contribution is -0.139. The van der Waals surface area contributed by atoms with E-state index in [1.165, 1.54) is 6.20 Å². The van der Waals surface area contributed by atoms with E-state index >= 15 is 0 Å². The van der Waals surface area contributed by atoms with Crippen LogP contribution in [0.1, 0.15) is 50.5 Å². The van der Waals surface area contributed by atoms with Crippen LogP contribution in [0.4, 0.5) is 16.3 Å². The normalized spacial score (nSPS) is 30.1. The van der Waals surface area contributed by atoms with Gasteiger partial charge < -0.3 is 20.0 Å². The Morgan fingerprint density at radius 3 is 2.69 bits per heavy atom. The molecule has 3 N–H and O–H groups in total. The number of nitrogens with one attached hydrogen (secondary N) is 1. The molecule has 0 bridgehead atoms. The van der Waals surface area contributed by atoms with Crippen molar-refractivity contribution in [2.75, 3.05) is 29.9 Å². The molecule has 1 saturated carbocycles.